The molecule has 90 valence electrons. The van der Waals surface area contributed by atoms with Crippen LogP contribution in [0.5, 0.6) is 0 Å². The molecule has 0 aliphatic carbocycles. The summed E-state index contributed by atoms with van der Waals surface area (Å²) in [5, 5.41) is 0. The summed E-state index contributed by atoms with van der Waals surface area (Å²) >= 11 is 0. The Hall–Kier alpha value is -0.820. The summed E-state index contributed by atoms with van der Waals surface area (Å²) < 4.78 is 0. The molecule has 1 aromatic rings. The lowest BCUT2D eigenvalue weighted by Gasteiger charge is -2.30. The quantitative estimate of drug-likeness (QED) is 0.730. The van der Waals surface area contributed by atoms with E-state index in [4.69, 9.17) is 5.73 Å². The van der Waals surface area contributed by atoms with Crippen LogP contribution in [0.2, 0.25) is 0 Å². The highest BCUT2D eigenvalue weighted by atomic mass is 14.7. The van der Waals surface area contributed by atoms with Crippen LogP contribution in [0.25, 0.3) is 0 Å². The Morgan fingerprint density at radius 2 is 1.44 bits per heavy atom. The lowest BCUT2D eigenvalue weighted by molar-refractivity contribution is 0.354. The smallest absolute Gasteiger partial charge is 0.0409 e. The van der Waals surface area contributed by atoms with Gasteiger partial charge in [0.1, 0.15) is 0 Å². The molecule has 0 unspecified atom stereocenters. The van der Waals surface area contributed by atoms with Gasteiger partial charge in [-0.3, -0.25) is 0 Å². The van der Waals surface area contributed by atoms with Gasteiger partial charge in [0.2, 0.25) is 0 Å². The second-order valence-electron chi connectivity index (χ2n) is 4.73. The van der Waals surface area contributed by atoms with E-state index in [1.807, 2.05) is 0 Å². The maximum Gasteiger partial charge on any atom is 0.0409 e. The van der Waals surface area contributed by atoms with Gasteiger partial charge in [-0.2, -0.15) is 0 Å². The second kappa shape index (κ2) is 6.70. The Morgan fingerprint density at radius 1 is 0.938 bits per heavy atom. The Balaban J connectivity index is 2.77. The van der Waals surface area contributed by atoms with Crippen molar-refractivity contribution in [2.45, 2.75) is 57.9 Å². The highest BCUT2D eigenvalue weighted by Crippen LogP contribution is 2.29. The molecule has 0 bridgehead atoms. The molecule has 0 aliphatic rings. The molecule has 0 saturated heterocycles. The van der Waals surface area contributed by atoms with Crippen molar-refractivity contribution in [3.05, 3.63) is 35.9 Å². The highest BCUT2D eigenvalue weighted by molar-refractivity contribution is 5.23. The fourth-order valence-corrected chi connectivity index (χ4v) is 2.17. The summed E-state index contributed by atoms with van der Waals surface area (Å²) in [7, 11) is 0. The average Bonchev–Trinajstić information content (AvgIpc) is 2.35. The van der Waals surface area contributed by atoms with E-state index in [2.05, 4.69) is 44.2 Å². The molecule has 0 saturated carbocycles. The highest BCUT2D eigenvalue weighted by Gasteiger charge is 2.25. The number of unbranched alkanes of at least 4 members (excludes halogenated alkanes) is 2. The van der Waals surface area contributed by atoms with Crippen LogP contribution in [0, 0.1) is 0 Å². The molecule has 0 fully saturated rings. The summed E-state index contributed by atoms with van der Waals surface area (Å²) in [5.41, 5.74) is 7.79. The minimum atomic E-state index is -0.104. The average molecular weight is 219 g/mol. The predicted molar refractivity (Wildman–Crippen MR) is 71.4 cm³/mol. The largest absolute Gasteiger partial charge is 0.321 e. The summed E-state index contributed by atoms with van der Waals surface area (Å²) in [6.45, 7) is 4.45. The lowest BCUT2D eigenvalue weighted by atomic mass is 9.82. The lowest BCUT2D eigenvalue weighted by Crippen LogP contribution is -2.36. The molecule has 16 heavy (non-hydrogen) atoms. The van der Waals surface area contributed by atoms with Gasteiger partial charge in [-0.15, -0.1) is 0 Å². The molecule has 0 spiro atoms. The number of benzene rings is 1. The van der Waals surface area contributed by atoms with Gasteiger partial charge in [0, 0.05) is 5.54 Å². The van der Waals surface area contributed by atoms with Crippen molar-refractivity contribution in [2.24, 2.45) is 5.73 Å². The molecule has 0 aliphatic heterocycles. The maximum absolute atomic E-state index is 6.59. The van der Waals surface area contributed by atoms with Gasteiger partial charge < -0.3 is 5.73 Å². The zero-order valence-electron chi connectivity index (χ0n) is 10.7. The first kappa shape index (κ1) is 13.2. The van der Waals surface area contributed by atoms with Crippen LogP contribution in [-0.4, -0.2) is 0 Å². The topological polar surface area (TPSA) is 26.0 Å². The fourth-order valence-electron chi connectivity index (χ4n) is 2.17. The van der Waals surface area contributed by atoms with Crippen molar-refractivity contribution in [3.8, 4) is 0 Å². The second-order valence-corrected chi connectivity index (χ2v) is 4.73. The Kier molecular flexibility index (Phi) is 5.54. The summed E-state index contributed by atoms with van der Waals surface area (Å²) in [5.74, 6) is 0. The van der Waals surface area contributed by atoms with E-state index >= 15 is 0 Å². The van der Waals surface area contributed by atoms with Gasteiger partial charge in [-0.05, 0) is 18.4 Å². The van der Waals surface area contributed by atoms with Crippen molar-refractivity contribution >= 4 is 0 Å². The van der Waals surface area contributed by atoms with Crippen molar-refractivity contribution in [3.63, 3.8) is 0 Å². The van der Waals surface area contributed by atoms with Gasteiger partial charge in [0.15, 0.2) is 0 Å². The first-order valence-electron chi connectivity index (χ1n) is 6.57. The maximum atomic E-state index is 6.59. The first-order chi connectivity index (χ1) is 7.73. The molecular weight excluding hydrogens is 194 g/mol. The molecule has 1 nitrogen and oxygen atoms in total. The SMILES string of the molecule is CCCCC(N)(CCCC)c1ccccc1. The van der Waals surface area contributed by atoms with E-state index in [0.29, 0.717) is 0 Å². The van der Waals surface area contributed by atoms with Crippen molar-refractivity contribution in [2.75, 3.05) is 0 Å². The summed E-state index contributed by atoms with van der Waals surface area (Å²) in [4.78, 5) is 0. The summed E-state index contributed by atoms with van der Waals surface area (Å²) in [6.07, 6.45) is 7.08. The van der Waals surface area contributed by atoms with Gasteiger partial charge in [-0.1, -0.05) is 69.9 Å². The van der Waals surface area contributed by atoms with E-state index in [1.165, 1.54) is 31.2 Å². The van der Waals surface area contributed by atoms with E-state index in [9.17, 15) is 0 Å². The third-order valence-electron chi connectivity index (χ3n) is 3.30. The van der Waals surface area contributed by atoms with Crippen LogP contribution in [0.3, 0.4) is 0 Å². The van der Waals surface area contributed by atoms with Crippen LogP contribution < -0.4 is 5.73 Å². The molecule has 0 heterocycles. The van der Waals surface area contributed by atoms with Crippen molar-refractivity contribution in [1.82, 2.24) is 0 Å². The van der Waals surface area contributed by atoms with Crippen molar-refractivity contribution in [1.29, 1.82) is 0 Å². The molecular formula is C15H25N. The number of hydrogen-bond acceptors (Lipinski definition) is 1. The molecule has 0 atom stereocenters. The normalized spacial score (nSPS) is 11.7. The molecule has 0 aromatic heterocycles. The van der Waals surface area contributed by atoms with Gasteiger partial charge >= 0.3 is 0 Å². The molecule has 1 heteroatoms. The Bertz CT molecular complexity index is 271. The minimum Gasteiger partial charge on any atom is -0.321 e. The van der Waals surface area contributed by atoms with Gasteiger partial charge in [-0.25, -0.2) is 0 Å². The molecule has 0 amide bonds. The summed E-state index contributed by atoms with van der Waals surface area (Å²) in [6, 6.07) is 10.6. The third-order valence-corrected chi connectivity index (χ3v) is 3.30. The van der Waals surface area contributed by atoms with Crippen LogP contribution >= 0.6 is 0 Å². The van der Waals surface area contributed by atoms with Crippen LogP contribution in [0.4, 0.5) is 0 Å². The van der Waals surface area contributed by atoms with E-state index < -0.39 is 0 Å². The van der Waals surface area contributed by atoms with E-state index in [0.717, 1.165) is 12.8 Å². The molecule has 2 N–H and O–H groups in total. The fraction of sp³-hybridized carbons (Fsp3) is 0.600. The monoisotopic (exact) mass is 219 g/mol. The molecule has 1 rings (SSSR count). The minimum absolute atomic E-state index is 0.104. The Labute approximate surface area is 100 Å². The Morgan fingerprint density at radius 3 is 1.88 bits per heavy atom. The predicted octanol–water partition coefficient (Wildman–Crippen LogP) is 4.22. The van der Waals surface area contributed by atoms with Crippen LogP contribution in [-0.2, 0) is 5.54 Å². The molecule has 1 aromatic carbocycles. The first-order valence-corrected chi connectivity index (χ1v) is 6.57. The van der Waals surface area contributed by atoms with Gasteiger partial charge in [0.05, 0.1) is 0 Å². The van der Waals surface area contributed by atoms with E-state index in [-0.39, 0.29) is 5.54 Å². The van der Waals surface area contributed by atoms with Gasteiger partial charge in [0.25, 0.3) is 0 Å². The van der Waals surface area contributed by atoms with Crippen LogP contribution in [0.1, 0.15) is 57.9 Å². The van der Waals surface area contributed by atoms with E-state index in [1.54, 1.807) is 0 Å². The number of hydrogen-bond donors (Lipinski definition) is 1. The zero-order chi connectivity index (χ0) is 11.9. The molecule has 0 radical (unpaired) electrons. The third kappa shape index (κ3) is 3.64. The standard InChI is InChI=1S/C15H25N/c1-3-5-12-15(16,13-6-4-2)14-10-8-7-9-11-14/h7-11H,3-6,12-13,16H2,1-2H3. The zero-order valence-corrected chi connectivity index (χ0v) is 10.7. The van der Waals surface area contributed by atoms with Crippen molar-refractivity contribution < 1.29 is 0 Å². The number of nitrogens with two attached hydrogens (primary N) is 1. The number of rotatable bonds is 7. The van der Waals surface area contributed by atoms with Crippen LogP contribution in [0.15, 0.2) is 30.3 Å².